The molecule has 0 radical (unpaired) electrons. The summed E-state index contributed by atoms with van der Waals surface area (Å²) in [5.74, 6) is 0.918. The summed E-state index contributed by atoms with van der Waals surface area (Å²) in [4.78, 5) is 21.7. The molecule has 1 aromatic rings. The van der Waals surface area contributed by atoms with Gasteiger partial charge < -0.3 is 0 Å². The average Bonchev–Trinajstić information content (AvgIpc) is 2.60. The van der Waals surface area contributed by atoms with E-state index >= 15 is 0 Å². The third-order valence-corrected chi connectivity index (χ3v) is 4.58. The molecule has 4 nitrogen and oxygen atoms in total. The highest BCUT2D eigenvalue weighted by Gasteiger charge is 2.20. The van der Waals surface area contributed by atoms with Gasteiger partial charge in [-0.05, 0) is 90.2 Å². The van der Waals surface area contributed by atoms with Gasteiger partial charge in [0.1, 0.15) is 0 Å². The minimum absolute atomic E-state index is 0.276. The zero-order valence-corrected chi connectivity index (χ0v) is 19.3. The first-order chi connectivity index (χ1) is 13.1. The molecule has 2 unspecified atom stereocenters. The second kappa shape index (κ2) is 11.9. The Hall–Kier alpha value is -0.940. The van der Waals surface area contributed by atoms with Crippen molar-refractivity contribution in [2.24, 2.45) is 0 Å². The molecule has 1 aromatic carbocycles. The van der Waals surface area contributed by atoms with Crippen LogP contribution in [0.2, 0.25) is 0 Å². The van der Waals surface area contributed by atoms with Crippen molar-refractivity contribution in [3.8, 4) is 0 Å². The maximum Gasteiger partial charge on any atom is 0.0952 e. The van der Waals surface area contributed by atoms with E-state index in [4.69, 9.17) is 19.6 Å². The van der Waals surface area contributed by atoms with Crippen molar-refractivity contribution in [3.63, 3.8) is 0 Å². The van der Waals surface area contributed by atoms with Crippen LogP contribution in [0.5, 0.6) is 0 Å². The smallest absolute Gasteiger partial charge is 0.0952 e. The van der Waals surface area contributed by atoms with Gasteiger partial charge in [-0.25, -0.2) is 19.6 Å². The van der Waals surface area contributed by atoms with E-state index in [0.717, 1.165) is 25.7 Å². The van der Waals surface area contributed by atoms with Gasteiger partial charge in [-0.3, -0.25) is 0 Å². The summed E-state index contributed by atoms with van der Waals surface area (Å²) in [7, 11) is 0. The lowest BCUT2D eigenvalue weighted by Crippen LogP contribution is -2.20. The number of rotatable bonds is 12. The highest BCUT2D eigenvalue weighted by molar-refractivity contribution is 5.33. The summed E-state index contributed by atoms with van der Waals surface area (Å²) in [5.41, 5.74) is 2.30. The van der Waals surface area contributed by atoms with E-state index in [1.54, 1.807) is 0 Å². The Balaban J connectivity index is 2.73. The van der Waals surface area contributed by atoms with Gasteiger partial charge in [-0.2, -0.15) is 0 Å². The van der Waals surface area contributed by atoms with Crippen LogP contribution in [0.1, 0.15) is 104 Å². The summed E-state index contributed by atoms with van der Waals surface area (Å²) in [5, 5.41) is 0. The molecule has 0 bridgehead atoms. The maximum absolute atomic E-state index is 5.45. The lowest BCUT2D eigenvalue weighted by atomic mass is 9.82. The van der Waals surface area contributed by atoms with Crippen LogP contribution in [-0.4, -0.2) is 24.4 Å². The Kier molecular flexibility index (Phi) is 10.7. The second-order valence-electron chi connectivity index (χ2n) is 9.45. The predicted molar refractivity (Wildman–Crippen MR) is 115 cm³/mol. The van der Waals surface area contributed by atoms with Crippen molar-refractivity contribution >= 4 is 0 Å². The van der Waals surface area contributed by atoms with Crippen molar-refractivity contribution in [2.75, 3.05) is 13.2 Å². The van der Waals surface area contributed by atoms with Gasteiger partial charge in [0.15, 0.2) is 0 Å². The zero-order chi connectivity index (χ0) is 21.2. The van der Waals surface area contributed by atoms with E-state index in [1.165, 1.54) is 11.1 Å². The van der Waals surface area contributed by atoms with Crippen LogP contribution in [0.4, 0.5) is 0 Å². The van der Waals surface area contributed by atoms with Crippen molar-refractivity contribution in [2.45, 2.75) is 104 Å². The Morgan fingerprint density at radius 2 is 1.04 bits per heavy atom. The molecule has 2 atom stereocenters. The monoisotopic (exact) mass is 394 g/mol. The van der Waals surface area contributed by atoms with Crippen molar-refractivity contribution < 1.29 is 19.6 Å². The largest absolute Gasteiger partial charge is 0.236 e. The predicted octanol–water partition coefficient (Wildman–Crippen LogP) is 6.95. The van der Waals surface area contributed by atoms with Gasteiger partial charge in [0.05, 0.1) is 24.4 Å². The molecule has 0 aliphatic carbocycles. The Labute approximate surface area is 172 Å². The molecule has 0 saturated heterocycles. The van der Waals surface area contributed by atoms with Crippen LogP contribution >= 0.6 is 0 Å². The van der Waals surface area contributed by atoms with Crippen LogP contribution in [0, 0.1) is 0 Å². The fourth-order valence-corrected chi connectivity index (χ4v) is 3.23. The van der Waals surface area contributed by atoms with E-state index in [2.05, 4.69) is 38.1 Å². The molecule has 1 rings (SSSR count). The topological polar surface area (TPSA) is 36.9 Å². The van der Waals surface area contributed by atoms with Gasteiger partial charge >= 0.3 is 0 Å². The molecule has 28 heavy (non-hydrogen) atoms. The molecular weight excluding hydrogens is 352 g/mol. The molecule has 4 heteroatoms. The normalized spacial score (nSPS) is 14.9. The quantitative estimate of drug-likeness (QED) is 0.218. The van der Waals surface area contributed by atoms with Crippen LogP contribution in [0.25, 0.3) is 0 Å². The first kappa shape index (κ1) is 25.1. The first-order valence-corrected chi connectivity index (χ1v) is 10.8. The standard InChI is InChI=1S/C24H42O4/c1-9-19(15-17-25-27-23(3,4)5)21-13-11-12-14-22(21)20(10-2)16-18-26-28-24(6,7)8/h11-14,19-20H,9-10,15-18H2,1-8H3. The van der Waals surface area contributed by atoms with E-state index in [0.29, 0.717) is 25.0 Å². The minimum Gasteiger partial charge on any atom is -0.236 e. The zero-order valence-electron chi connectivity index (χ0n) is 19.3. The molecule has 0 heterocycles. The molecular formula is C24H42O4. The summed E-state index contributed by atoms with van der Waals surface area (Å²) >= 11 is 0. The molecule has 0 spiro atoms. The molecule has 162 valence electrons. The maximum atomic E-state index is 5.45. The van der Waals surface area contributed by atoms with Gasteiger partial charge in [0, 0.05) is 0 Å². The van der Waals surface area contributed by atoms with Crippen LogP contribution in [0.15, 0.2) is 24.3 Å². The molecule has 0 aliphatic heterocycles. The van der Waals surface area contributed by atoms with Crippen molar-refractivity contribution in [3.05, 3.63) is 35.4 Å². The second-order valence-corrected chi connectivity index (χ2v) is 9.45. The fourth-order valence-electron chi connectivity index (χ4n) is 3.23. The molecule has 0 saturated carbocycles. The summed E-state index contributed by atoms with van der Waals surface area (Å²) in [6.45, 7) is 17.7. The molecule has 0 aliphatic rings. The van der Waals surface area contributed by atoms with E-state index in [-0.39, 0.29) is 11.2 Å². The Morgan fingerprint density at radius 3 is 1.32 bits per heavy atom. The van der Waals surface area contributed by atoms with Crippen LogP contribution in [-0.2, 0) is 19.6 Å². The lowest BCUT2D eigenvalue weighted by molar-refractivity contribution is -0.349. The third kappa shape index (κ3) is 10.0. The first-order valence-electron chi connectivity index (χ1n) is 10.8. The number of hydrogen-bond acceptors (Lipinski definition) is 4. The summed E-state index contributed by atoms with van der Waals surface area (Å²) in [6, 6.07) is 8.81. The van der Waals surface area contributed by atoms with E-state index in [9.17, 15) is 0 Å². The van der Waals surface area contributed by atoms with E-state index < -0.39 is 0 Å². The fraction of sp³-hybridized carbons (Fsp3) is 0.750. The van der Waals surface area contributed by atoms with Gasteiger partial charge in [-0.1, -0.05) is 38.1 Å². The summed E-state index contributed by atoms with van der Waals surface area (Å²) in [6.07, 6.45) is 4.05. The van der Waals surface area contributed by atoms with Gasteiger partial charge in [0.2, 0.25) is 0 Å². The Morgan fingerprint density at radius 1 is 0.679 bits per heavy atom. The third-order valence-electron chi connectivity index (χ3n) is 4.58. The lowest BCUT2D eigenvalue weighted by Gasteiger charge is -2.25. The number of benzene rings is 1. The Bertz CT molecular complexity index is 493. The molecule has 0 aromatic heterocycles. The highest BCUT2D eigenvalue weighted by atomic mass is 17.2. The molecule has 0 amide bonds. The van der Waals surface area contributed by atoms with Gasteiger partial charge in [-0.15, -0.1) is 0 Å². The van der Waals surface area contributed by atoms with Crippen LogP contribution < -0.4 is 0 Å². The van der Waals surface area contributed by atoms with Crippen LogP contribution in [0.3, 0.4) is 0 Å². The highest BCUT2D eigenvalue weighted by Crippen LogP contribution is 2.34. The minimum atomic E-state index is -0.276. The molecule has 0 N–H and O–H groups in total. The van der Waals surface area contributed by atoms with Crippen molar-refractivity contribution in [1.82, 2.24) is 0 Å². The van der Waals surface area contributed by atoms with Crippen molar-refractivity contribution in [1.29, 1.82) is 0 Å². The van der Waals surface area contributed by atoms with Gasteiger partial charge in [0.25, 0.3) is 0 Å². The average molecular weight is 395 g/mol. The summed E-state index contributed by atoms with van der Waals surface area (Å²) < 4.78 is 0. The molecule has 0 fully saturated rings. The SMILES string of the molecule is CCC(CCOOC(C)(C)C)c1ccccc1C(CC)CCOOC(C)(C)C. The number of hydrogen-bond donors (Lipinski definition) is 0. The van der Waals surface area contributed by atoms with E-state index in [1.807, 2.05) is 41.5 Å².